The molecule has 0 radical (unpaired) electrons. The molecule has 2 aliphatic rings. The first kappa shape index (κ1) is 13.1. The molecule has 0 saturated carbocycles. The third-order valence-electron chi connectivity index (χ3n) is 4.69. The number of rotatable bonds is 2. The van der Waals surface area contributed by atoms with Crippen LogP contribution in [-0.2, 0) is 12.0 Å². The number of aromatic nitrogens is 1. The fraction of sp³-hybridized carbons (Fsp3) is 0.800. The van der Waals surface area contributed by atoms with Gasteiger partial charge in [0.1, 0.15) is 5.76 Å². The molecule has 0 aromatic carbocycles. The lowest BCUT2D eigenvalue weighted by Gasteiger charge is -2.22. The van der Waals surface area contributed by atoms with Crippen molar-refractivity contribution in [2.24, 2.45) is 11.8 Å². The number of likely N-dealkylation sites (tertiary alicyclic amines) is 1. The number of hydrogen-bond donors (Lipinski definition) is 1. The Morgan fingerprint density at radius 3 is 2.84 bits per heavy atom. The molecule has 1 aromatic rings. The van der Waals surface area contributed by atoms with Gasteiger partial charge in [0.2, 0.25) is 5.89 Å². The van der Waals surface area contributed by atoms with Gasteiger partial charge in [-0.25, -0.2) is 4.98 Å². The molecule has 3 heterocycles. The van der Waals surface area contributed by atoms with E-state index in [9.17, 15) is 0 Å². The molecule has 0 amide bonds. The zero-order chi connectivity index (χ0) is 13.6. The molecule has 2 saturated heterocycles. The van der Waals surface area contributed by atoms with Gasteiger partial charge in [-0.05, 0) is 31.8 Å². The van der Waals surface area contributed by atoms with Crippen LogP contribution in [0.25, 0.3) is 0 Å². The van der Waals surface area contributed by atoms with Crippen LogP contribution >= 0.6 is 0 Å². The Labute approximate surface area is 115 Å². The number of nitrogens with zero attached hydrogens (tertiary/aromatic N) is 2. The van der Waals surface area contributed by atoms with Crippen LogP contribution in [0.15, 0.2) is 10.6 Å². The van der Waals surface area contributed by atoms with Gasteiger partial charge in [0.25, 0.3) is 0 Å². The van der Waals surface area contributed by atoms with Crippen molar-refractivity contribution >= 4 is 0 Å². The van der Waals surface area contributed by atoms with E-state index in [1.54, 1.807) is 0 Å². The number of oxazole rings is 1. The molecule has 0 bridgehead atoms. The normalized spacial score (nSPS) is 31.9. The summed E-state index contributed by atoms with van der Waals surface area (Å²) >= 11 is 0. The molecule has 0 spiro atoms. The molecule has 19 heavy (non-hydrogen) atoms. The molecule has 1 N–H and O–H groups in total. The lowest BCUT2D eigenvalue weighted by molar-refractivity contribution is 0.205. The van der Waals surface area contributed by atoms with Crippen LogP contribution < -0.4 is 5.32 Å². The lowest BCUT2D eigenvalue weighted by Crippen LogP contribution is -2.32. The van der Waals surface area contributed by atoms with Gasteiger partial charge in [0, 0.05) is 18.0 Å². The van der Waals surface area contributed by atoms with Crippen molar-refractivity contribution in [2.45, 2.75) is 45.7 Å². The summed E-state index contributed by atoms with van der Waals surface area (Å²) in [6, 6.07) is 0.630. The van der Waals surface area contributed by atoms with E-state index in [1.165, 1.54) is 19.6 Å². The summed E-state index contributed by atoms with van der Waals surface area (Å²) in [7, 11) is 0. The maximum absolute atomic E-state index is 5.91. The Balaban J connectivity index is 1.67. The number of fused-ring (bicyclic) bond motifs is 1. The third-order valence-corrected chi connectivity index (χ3v) is 4.69. The van der Waals surface area contributed by atoms with Crippen LogP contribution in [0.1, 0.15) is 39.3 Å². The van der Waals surface area contributed by atoms with Gasteiger partial charge in [-0.3, -0.25) is 4.90 Å². The first-order valence-corrected chi connectivity index (χ1v) is 7.35. The van der Waals surface area contributed by atoms with Gasteiger partial charge in [-0.15, -0.1) is 0 Å². The minimum atomic E-state index is 0.0440. The highest BCUT2D eigenvalue weighted by Crippen LogP contribution is 2.33. The summed E-state index contributed by atoms with van der Waals surface area (Å²) in [5.41, 5.74) is 0.0440. The van der Waals surface area contributed by atoms with Crippen molar-refractivity contribution in [1.82, 2.24) is 15.2 Å². The molecule has 0 aliphatic carbocycles. The van der Waals surface area contributed by atoms with Crippen LogP contribution in [0.4, 0.5) is 0 Å². The van der Waals surface area contributed by atoms with E-state index >= 15 is 0 Å². The molecule has 3 atom stereocenters. The van der Waals surface area contributed by atoms with E-state index in [0.717, 1.165) is 30.0 Å². The topological polar surface area (TPSA) is 41.3 Å². The molecule has 3 rings (SSSR count). The number of hydrogen-bond acceptors (Lipinski definition) is 4. The highest BCUT2D eigenvalue weighted by Gasteiger charge is 2.41. The summed E-state index contributed by atoms with van der Waals surface area (Å²) in [4.78, 5) is 6.97. The standard InChI is InChI=1S/C15H25N3O/c1-10-12-6-16-5-11(12)8-18(10)9-14-17-7-13(19-14)15(2,3)4/h7,10-12,16H,5-6,8-9H2,1-4H3. The third kappa shape index (κ3) is 2.43. The Morgan fingerprint density at radius 1 is 1.42 bits per heavy atom. The quantitative estimate of drug-likeness (QED) is 0.886. The Morgan fingerprint density at radius 2 is 2.21 bits per heavy atom. The van der Waals surface area contributed by atoms with Crippen molar-refractivity contribution < 1.29 is 4.42 Å². The second kappa shape index (κ2) is 4.60. The van der Waals surface area contributed by atoms with Crippen molar-refractivity contribution in [3.8, 4) is 0 Å². The van der Waals surface area contributed by atoms with Crippen molar-refractivity contribution in [1.29, 1.82) is 0 Å². The molecule has 4 heteroatoms. The Bertz CT molecular complexity index is 448. The maximum Gasteiger partial charge on any atom is 0.208 e. The van der Waals surface area contributed by atoms with Crippen molar-refractivity contribution in [3.63, 3.8) is 0 Å². The van der Waals surface area contributed by atoms with Crippen molar-refractivity contribution in [2.75, 3.05) is 19.6 Å². The zero-order valence-corrected chi connectivity index (χ0v) is 12.4. The summed E-state index contributed by atoms with van der Waals surface area (Å²) in [5, 5.41) is 3.50. The van der Waals surface area contributed by atoms with Crippen LogP contribution in [0.2, 0.25) is 0 Å². The lowest BCUT2D eigenvalue weighted by atomic mass is 9.94. The van der Waals surface area contributed by atoms with Gasteiger partial charge in [0.05, 0.1) is 12.7 Å². The second-order valence-electron chi connectivity index (χ2n) is 7.12. The molecule has 106 valence electrons. The monoisotopic (exact) mass is 263 g/mol. The minimum absolute atomic E-state index is 0.0440. The largest absolute Gasteiger partial charge is 0.444 e. The summed E-state index contributed by atoms with van der Waals surface area (Å²) in [6.45, 7) is 13.2. The van der Waals surface area contributed by atoms with Crippen LogP contribution in [-0.4, -0.2) is 35.6 Å². The van der Waals surface area contributed by atoms with Crippen LogP contribution in [0.5, 0.6) is 0 Å². The molecule has 2 aliphatic heterocycles. The summed E-state index contributed by atoms with van der Waals surface area (Å²) < 4.78 is 5.91. The van der Waals surface area contributed by atoms with Crippen LogP contribution in [0, 0.1) is 11.8 Å². The average molecular weight is 263 g/mol. The predicted octanol–water partition coefficient (Wildman–Crippen LogP) is 2.01. The first-order chi connectivity index (χ1) is 8.95. The molecule has 2 fully saturated rings. The molecule has 4 nitrogen and oxygen atoms in total. The van der Waals surface area contributed by atoms with Gasteiger partial charge >= 0.3 is 0 Å². The Kier molecular flexibility index (Phi) is 3.18. The van der Waals surface area contributed by atoms with Gasteiger partial charge in [-0.1, -0.05) is 20.8 Å². The molecule has 3 unspecified atom stereocenters. The van der Waals surface area contributed by atoms with Gasteiger partial charge in [-0.2, -0.15) is 0 Å². The van der Waals surface area contributed by atoms with E-state index in [4.69, 9.17) is 4.42 Å². The highest BCUT2D eigenvalue weighted by atomic mass is 16.4. The smallest absolute Gasteiger partial charge is 0.208 e. The average Bonchev–Trinajstić information content (AvgIpc) is 2.98. The van der Waals surface area contributed by atoms with E-state index in [0.29, 0.717) is 6.04 Å². The fourth-order valence-corrected chi connectivity index (χ4v) is 3.37. The highest BCUT2D eigenvalue weighted by molar-refractivity contribution is 5.06. The SMILES string of the molecule is CC1C2CNCC2CN1Cc1ncc(C(C)(C)C)o1. The summed E-state index contributed by atoms with van der Waals surface area (Å²) in [6.07, 6.45) is 1.89. The van der Waals surface area contributed by atoms with E-state index in [1.807, 2.05) is 6.20 Å². The molecular weight excluding hydrogens is 238 g/mol. The predicted molar refractivity (Wildman–Crippen MR) is 74.9 cm³/mol. The molecular formula is C15H25N3O. The second-order valence-corrected chi connectivity index (χ2v) is 7.12. The zero-order valence-electron chi connectivity index (χ0n) is 12.4. The summed E-state index contributed by atoms with van der Waals surface area (Å²) in [5.74, 6) is 3.46. The Hall–Kier alpha value is -0.870. The van der Waals surface area contributed by atoms with E-state index < -0.39 is 0 Å². The van der Waals surface area contributed by atoms with Gasteiger partial charge in [0.15, 0.2) is 0 Å². The molecule has 1 aromatic heterocycles. The first-order valence-electron chi connectivity index (χ1n) is 7.35. The number of nitrogens with one attached hydrogen (secondary N) is 1. The maximum atomic E-state index is 5.91. The van der Waals surface area contributed by atoms with Gasteiger partial charge < -0.3 is 9.73 Å². The van der Waals surface area contributed by atoms with Crippen LogP contribution in [0.3, 0.4) is 0 Å². The minimum Gasteiger partial charge on any atom is -0.444 e. The van der Waals surface area contributed by atoms with E-state index in [2.05, 4.69) is 42.9 Å². The fourth-order valence-electron chi connectivity index (χ4n) is 3.37. The van der Waals surface area contributed by atoms with Crippen molar-refractivity contribution in [3.05, 3.63) is 17.8 Å². The van der Waals surface area contributed by atoms with E-state index in [-0.39, 0.29) is 5.41 Å².